The topological polar surface area (TPSA) is 42.2 Å². The van der Waals surface area contributed by atoms with E-state index in [2.05, 4.69) is 6.07 Å². The van der Waals surface area contributed by atoms with Crippen LogP contribution in [0.15, 0.2) is 30.4 Å². The van der Waals surface area contributed by atoms with Crippen LogP contribution in [0.3, 0.4) is 0 Å². The van der Waals surface area contributed by atoms with E-state index in [9.17, 15) is 0 Å². The van der Waals surface area contributed by atoms with Crippen molar-refractivity contribution in [3.05, 3.63) is 41.5 Å². The lowest BCUT2D eigenvalue weighted by Crippen LogP contribution is -1.97. The molecule has 0 aliphatic carbocycles. The van der Waals surface area contributed by atoms with E-state index in [0.717, 1.165) is 11.3 Å². The quantitative estimate of drug-likeness (QED) is 0.562. The van der Waals surface area contributed by atoms with Crippen LogP contribution in [0, 0.1) is 11.3 Å². The first-order valence-electron chi connectivity index (χ1n) is 5.07. The fourth-order valence-electron chi connectivity index (χ4n) is 1.29. The van der Waals surface area contributed by atoms with Gasteiger partial charge in [-0.25, -0.2) is 0 Å². The number of rotatable bonds is 5. The van der Waals surface area contributed by atoms with Gasteiger partial charge in [-0.1, -0.05) is 12.2 Å². The molecule has 1 aromatic carbocycles. The smallest absolute Gasteiger partial charge is 0.124 e. The average molecular weight is 217 g/mol. The molecule has 84 valence electrons. The standard InChI is InChI=1S/C13H15NO2/c1-3-4-7-16-10-12-8-11(9-14)5-6-13(12)15-2/h3-6,8H,7,10H2,1-2H3/b4-3+. The van der Waals surface area contributed by atoms with Crippen LogP contribution >= 0.6 is 0 Å². The van der Waals surface area contributed by atoms with Crippen molar-refractivity contribution in [3.63, 3.8) is 0 Å². The normalized spacial score (nSPS) is 10.3. The lowest BCUT2D eigenvalue weighted by Gasteiger charge is -2.08. The van der Waals surface area contributed by atoms with Crippen LogP contribution in [-0.2, 0) is 11.3 Å². The summed E-state index contributed by atoms with van der Waals surface area (Å²) in [4.78, 5) is 0. The van der Waals surface area contributed by atoms with Crippen molar-refractivity contribution >= 4 is 0 Å². The number of hydrogen-bond acceptors (Lipinski definition) is 3. The van der Waals surface area contributed by atoms with Crippen molar-refractivity contribution in [2.24, 2.45) is 0 Å². The summed E-state index contributed by atoms with van der Waals surface area (Å²) in [5, 5.41) is 8.79. The summed E-state index contributed by atoms with van der Waals surface area (Å²) in [6, 6.07) is 7.40. The molecule has 0 fully saturated rings. The van der Waals surface area contributed by atoms with E-state index in [1.165, 1.54) is 0 Å². The zero-order valence-electron chi connectivity index (χ0n) is 9.56. The van der Waals surface area contributed by atoms with Crippen LogP contribution < -0.4 is 4.74 Å². The minimum Gasteiger partial charge on any atom is -0.496 e. The maximum absolute atomic E-state index is 8.79. The van der Waals surface area contributed by atoms with Gasteiger partial charge in [-0.05, 0) is 25.1 Å². The molecule has 0 saturated heterocycles. The van der Waals surface area contributed by atoms with Crippen LogP contribution in [0.5, 0.6) is 5.75 Å². The number of allylic oxidation sites excluding steroid dienone is 1. The second-order valence-corrected chi connectivity index (χ2v) is 3.22. The molecule has 3 heteroatoms. The molecule has 1 aromatic rings. The first-order chi connectivity index (χ1) is 7.81. The van der Waals surface area contributed by atoms with Crippen molar-refractivity contribution in [2.75, 3.05) is 13.7 Å². The van der Waals surface area contributed by atoms with Crippen molar-refractivity contribution in [1.29, 1.82) is 5.26 Å². The summed E-state index contributed by atoms with van der Waals surface area (Å²) in [6.45, 7) is 2.96. The fraction of sp³-hybridized carbons (Fsp3) is 0.308. The highest BCUT2D eigenvalue weighted by Gasteiger charge is 2.04. The lowest BCUT2D eigenvalue weighted by molar-refractivity contribution is 0.146. The van der Waals surface area contributed by atoms with E-state index in [4.69, 9.17) is 14.7 Å². The molecule has 0 amide bonds. The molecule has 0 unspecified atom stereocenters. The number of methoxy groups -OCH3 is 1. The second-order valence-electron chi connectivity index (χ2n) is 3.22. The minimum atomic E-state index is 0.447. The molecule has 0 N–H and O–H groups in total. The van der Waals surface area contributed by atoms with Gasteiger partial charge in [0.05, 0.1) is 32.0 Å². The molecule has 0 aliphatic heterocycles. The molecule has 0 atom stereocenters. The number of hydrogen-bond donors (Lipinski definition) is 0. The van der Waals surface area contributed by atoms with Gasteiger partial charge in [0.2, 0.25) is 0 Å². The molecule has 0 spiro atoms. The van der Waals surface area contributed by atoms with Gasteiger partial charge in [0, 0.05) is 5.56 Å². The van der Waals surface area contributed by atoms with Crippen molar-refractivity contribution in [2.45, 2.75) is 13.5 Å². The molecule has 0 heterocycles. The van der Waals surface area contributed by atoms with Gasteiger partial charge in [0.1, 0.15) is 5.75 Å². The highest BCUT2D eigenvalue weighted by atomic mass is 16.5. The zero-order valence-corrected chi connectivity index (χ0v) is 9.56. The van der Waals surface area contributed by atoms with Gasteiger partial charge in [-0.2, -0.15) is 5.26 Å². The van der Waals surface area contributed by atoms with E-state index < -0.39 is 0 Å². The molecule has 3 nitrogen and oxygen atoms in total. The van der Waals surface area contributed by atoms with Crippen molar-refractivity contribution in [1.82, 2.24) is 0 Å². The highest BCUT2D eigenvalue weighted by Crippen LogP contribution is 2.20. The zero-order chi connectivity index (χ0) is 11.8. The number of nitriles is 1. The Balaban J connectivity index is 2.72. The van der Waals surface area contributed by atoms with Crippen LogP contribution in [0.2, 0.25) is 0 Å². The van der Waals surface area contributed by atoms with Gasteiger partial charge < -0.3 is 9.47 Å². The maximum atomic E-state index is 8.79. The van der Waals surface area contributed by atoms with Gasteiger partial charge in [-0.15, -0.1) is 0 Å². The fourth-order valence-corrected chi connectivity index (χ4v) is 1.29. The van der Waals surface area contributed by atoms with E-state index >= 15 is 0 Å². The lowest BCUT2D eigenvalue weighted by atomic mass is 10.1. The van der Waals surface area contributed by atoms with E-state index in [1.54, 1.807) is 25.3 Å². The molecule has 0 aliphatic rings. The van der Waals surface area contributed by atoms with Crippen molar-refractivity contribution < 1.29 is 9.47 Å². The summed E-state index contributed by atoms with van der Waals surface area (Å²) in [5.41, 5.74) is 1.51. The Morgan fingerprint density at radius 2 is 2.25 bits per heavy atom. The third kappa shape index (κ3) is 3.41. The number of nitrogens with zero attached hydrogens (tertiary/aromatic N) is 1. The van der Waals surface area contributed by atoms with E-state index in [1.807, 2.05) is 19.1 Å². The Morgan fingerprint density at radius 3 is 2.88 bits per heavy atom. The summed E-state index contributed by atoms with van der Waals surface area (Å²) in [7, 11) is 1.61. The number of ether oxygens (including phenoxy) is 2. The van der Waals surface area contributed by atoms with Crippen LogP contribution in [0.1, 0.15) is 18.1 Å². The third-order valence-corrected chi connectivity index (χ3v) is 2.12. The minimum absolute atomic E-state index is 0.447. The van der Waals surface area contributed by atoms with Gasteiger partial charge in [0.25, 0.3) is 0 Å². The number of benzene rings is 1. The SMILES string of the molecule is C/C=C/COCc1cc(C#N)ccc1OC. The van der Waals surface area contributed by atoms with E-state index in [0.29, 0.717) is 18.8 Å². The van der Waals surface area contributed by atoms with Gasteiger partial charge >= 0.3 is 0 Å². The maximum Gasteiger partial charge on any atom is 0.124 e. The summed E-state index contributed by atoms with van der Waals surface area (Å²) in [5.74, 6) is 0.750. The Bertz CT molecular complexity index is 405. The molecule has 0 bridgehead atoms. The van der Waals surface area contributed by atoms with Gasteiger partial charge in [0.15, 0.2) is 0 Å². The molecule has 1 rings (SSSR count). The third-order valence-electron chi connectivity index (χ3n) is 2.12. The van der Waals surface area contributed by atoms with Crippen molar-refractivity contribution in [3.8, 4) is 11.8 Å². The molecule has 16 heavy (non-hydrogen) atoms. The Hall–Kier alpha value is -1.79. The highest BCUT2D eigenvalue weighted by molar-refractivity contribution is 5.41. The van der Waals surface area contributed by atoms with Crippen LogP contribution in [0.25, 0.3) is 0 Å². The molecular formula is C13H15NO2. The molecular weight excluding hydrogens is 202 g/mol. The Morgan fingerprint density at radius 1 is 1.44 bits per heavy atom. The Kier molecular flexibility index (Phi) is 5.10. The molecule has 0 radical (unpaired) electrons. The van der Waals surface area contributed by atoms with Gasteiger partial charge in [-0.3, -0.25) is 0 Å². The van der Waals surface area contributed by atoms with E-state index in [-0.39, 0.29) is 0 Å². The molecule has 0 saturated carbocycles. The molecule has 0 aromatic heterocycles. The predicted molar refractivity (Wildman–Crippen MR) is 62.2 cm³/mol. The summed E-state index contributed by atoms with van der Waals surface area (Å²) >= 11 is 0. The monoisotopic (exact) mass is 217 g/mol. The average Bonchev–Trinajstić information content (AvgIpc) is 2.34. The Labute approximate surface area is 95.9 Å². The second kappa shape index (κ2) is 6.65. The van der Waals surface area contributed by atoms with Crippen LogP contribution in [-0.4, -0.2) is 13.7 Å². The largest absolute Gasteiger partial charge is 0.496 e. The first-order valence-corrected chi connectivity index (χ1v) is 5.07. The van der Waals surface area contributed by atoms with Crippen LogP contribution in [0.4, 0.5) is 0 Å². The predicted octanol–water partition coefficient (Wildman–Crippen LogP) is 2.66. The first kappa shape index (κ1) is 12.3. The summed E-state index contributed by atoms with van der Waals surface area (Å²) in [6.07, 6.45) is 3.86. The summed E-state index contributed by atoms with van der Waals surface area (Å²) < 4.78 is 10.6.